The molecule has 3 aromatic rings. The molecule has 6 nitrogen and oxygen atoms in total. The minimum absolute atomic E-state index is 0.0213. The molecule has 0 bridgehead atoms. The summed E-state index contributed by atoms with van der Waals surface area (Å²) in [7, 11) is 5.40. The molecule has 1 N–H and O–H groups in total. The number of anilines is 1. The zero-order chi connectivity index (χ0) is 23.2. The SMILES string of the molecule is CN(C)S(=O)Nc1ccc2c(c1)-c1c(-c3cccs3)cc(C(=O)N(C)C(C)(C)C)n1CC2. The molecule has 1 unspecified atom stereocenters. The van der Waals surface area contributed by atoms with Crippen molar-refractivity contribution in [2.24, 2.45) is 0 Å². The fourth-order valence-corrected chi connectivity index (χ4v) is 5.10. The second kappa shape index (κ2) is 8.50. The third-order valence-electron chi connectivity index (χ3n) is 5.92. The molecule has 3 heterocycles. The van der Waals surface area contributed by atoms with Gasteiger partial charge in [0, 0.05) is 54.9 Å². The van der Waals surface area contributed by atoms with Crippen LogP contribution in [0.3, 0.4) is 0 Å². The highest BCUT2D eigenvalue weighted by atomic mass is 32.2. The van der Waals surface area contributed by atoms with Crippen molar-refractivity contribution in [3.63, 3.8) is 0 Å². The summed E-state index contributed by atoms with van der Waals surface area (Å²) in [6, 6.07) is 12.3. The van der Waals surface area contributed by atoms with Gasteiger partial charge in [-0.3, -0.25) is 9.52 Å². The average Bonchev–Trinajstić information content (AvgIpc) is 3.39. The van der Waals surface area contributed by atoms with Crippen molar-refractivity contribution in [3.8, 4) is 21.7 Å². The molecule has 0 saturated carbocycles. The van der Waals surface area contributed by atoms with Crippen LogP contribution >= 0.6 is 11.3 Å². The standard InChI is InChI=1S/C24H30N4O2S2/c1-24(2,3)27(6)23(29)20-15-19(21-8-7-13-31-21)22-18-14-17(25-32(30)26(4)5)10-9-16(18)11-12-28(20)22/h7-10,13-15,25H,11-12H2,1-6H3. The summed E-state index contributed by atoms with van der Waals surface area (Å²) in [6.45, 7) is 6.89. The maximum Gasteiger partial charge on any atom is 0.270 e. The van der Waals surface area contributed by atoms with Gasteiger partial charge >= 0.3 is 0 Å². The fourth-order valence-electron chi connectivity index (χ4n) is 3.85. The van der Waals surface area contributed by atoms with Crippen molar-refractivity contribution in [3.05, 3.63) is 53.0 Å². The van der Waals surface area contributed by atoms with Crippen molar-refractivity contribution in [2.75, 3.05) is 25.9 Å². The Morgan fingerprint density at radius 3 is 2.50 bits per heavy atom. The third-order valence-corrected chi connectivity index (χ3v) is 7.90. The number of hydrogen-bond donors (Lipinski definition) is 1. The molecule has 1 atom stereocenters. The van der Waals surface area contributed by atoms with Gasteiger partial charge in [0.05, 0.1) is 5.69 Å². The molecule has 170 valence electrons. The van der Waals surface area contributed by atoms with E-state index in [1.807, 2.05) is 50.9 Å². The molecule has 8 heteroatoms. The Hall–Kier alpha value is -2.42. The number of carbonyl (C=O) groups is 1. The first kappa shape index (κ1) is 22.8. The Morgan fingerprint density at radius 1 is 1.12 bits per heavy atom. The number of rotatable bonds is 5. The van der Waals surface area contributed by atoms with Crippen LogP contribution in [0.4, 0.5) is 5.69 Å². The van der Waals surface area contributed by atoms with Gasteiger partial charge < -0.3 is 9.47 Å². The predicted octanol–water partition coefficient (Wildman–Crippen LogP) is 4.86. The second-order valence-electron chi connectivity index (χ2n) is 9.24. The van der Waals surface area contributed by atoms with Crippen molar-refractivity contribution >= 4 is 34.1 Å². The zero-order valence-corrected chi connectivity index (χ0v) is 21.1. The molecule has 1 amide bonds. The summed E-state index contributed by atoms with van der Waals surface area (Å²) in [5.41, 5.74) is 5.67. The van der Waals surface area contributed by atoms with Gasteiger partial charge in [-0.25, -0.2) is 8.51 Å². The van der Waals surface area contributed by atoms with Crippen molar-refractivity contribution in [1.29, 1.82) is 0 Å². The molecule has 1 aliphatic heterocycles. The van der Waals surface area contributed by atoms with Gasteiger partial charge in [0.25, 0.3) is 5.91 Å². The average molecular weight is 471 g/mol. The smallest absolute Gasteiger partial charge is 0.270 e. The summed E-state index contributed by atoms with van der Waals surface area (Å²) in [4.78, 5) is 16.4. The highest BCUT2D eigenvalue weighted by molar-refractivity contribution is 7.83. The molecule has 0 fully saturated rings. The van der Waals surface area contributed by atoms with Crippen LogP contribution in [0.2, 0.25) is 0 Å². The number of nitrogens with one attached hydrogen (secondary N) is 1. The molecule has 2 aromatic heterocycles. The lowest BCUT2D eigenvalue weighted by Gasteiger charge is -2.32. The summed E-state index contributed by atoms with van der Waals surface area (Å²) >= 11 is 0.355. The van der Waals surface area contributed by atoms with Crippen molar-refractivity contribution < 1.29 is 9.00 Å². The quantitative estimate of drug-likeness (QED) is 0.579. The lowest BCUT2D eigenvalue weighted by molar-refractivity contribution is 0.0644. The van der Waals surface area contributed by atoms with E-state index >= 15 is 0 Å². The van der Waals surface area contributed by atoms with Crippen LogP contribution in [0, 0.1) is 0 Å². The minimum Gasteiger partial charge on any atom is -0.336 e. The van der Waals surface area contributed by atoms with E-state index in [9.17, 15) is 9.00 Å². The van der Waals surface area contributed by atoms with Crippen LogP contribution in [-0.2, 0) is 24.1 Å². The molecular weight excluding hydrogens is 440 g/mol. The van der Waals surface area contributed by atoms with Crippen LogP contribution in [0.1, 0.15) is 36.8 Å². The van der Waals surface area contributed by atoms with Crippen LogP contribution in [0.5, 0.6) is 0 Å². The van der Waals surface area contributed by atoms with Gasteiger partial charge in [-0.05, 0) is 62.4 Å². The molecule has 0 spiro atoms. The van der Waals surface area contributed by atoms with E-state index < -0.39 is 11.2 Å². The van der Waals surface area contributed by atoms with E-state index in [1.165, 1.54) is 5.56 Å². The van der Waals surface area contributed by atoms with Gasteiger partial charge in [-0.2, -0.15) is 0 Å². The summed E-state index contributed by atoms with van der Waals surface area (Å²) in [6.07, 6.45) is 0.845. The summed E-state index contributed by atoms with van der Waals surface area (Å²) in [5, 5.41) is 2.06. The Balaban J connectivity index is 1.87. The third kappa shape index (κ3) is 4.14. The Kier molecular flexibility index (Phi) is 6.04. The second-order valence-corrected chi connectivity index (χ2v) is 11.6. The first-order valence-electron chi connectivity index (χ1n) is 10.6. The number of benzene rings is 1. The van der Waals surface area contributed by atoms with Crippen molar-refractivity contribution in [2.45, 2.75) is 39.3 Å². The van der Waals surface area contributed by atoms with Crippen LogP contribution in [0.25, 0.3) is 21.7 Å². The molecule has 1 aliphatic rings. The number of aromatic nitrogens is 1. The van der Waals surface area contributed by atoms with Crippen LogP contribution in [-0.4, -0.2) is 50.6 Å². The number of thiophene rings is 1. The summed E-state index contributed by atoms with van der Waals surface area (Å²) in [5.74, 6) is 0.0213. The van der Waals surface area contributed by atoms with Gasteiger partial charge in [-0.15, -0.1) is 11.3 Å². The number of fused-ring (bicyclic) bond motifs is 3. The first-order valence-corrected chi connectivity index (χ1v) is 12.6. The van der Waals surface area contributed by atoms with Gasteiger partial charge in [-0.1, -0.05) is 12.1 Å². The van der Waals surface area contributed by atoms with Crippen LogP contribution < -0.4 is 4.72 Å². The van der Waals surface area contributed by atoms with Gasteiger partial charge in [0.15, 0.2) is 11.2 Å². The maximum atomic E-state index is 13.5. The lowest BCUT2D eigenvalue weighted by atomic mass is 9.95. The van der Waals surface area contributed by atoms with E-state index in [4.69, 9.17) is 0 Å². The molecule has 0 radical (unpaired) electrons. The number of amides is 1. The van der Waals surface area contributed by atoms with E-state index in [1.54, 1.807) is 29.7 Å². The van der Waals surface area contributed by atoms with Crippen LogP contribution in [0.15, 0.2) is 41.8 Å². The van der Waals surface area contributed by atoms with Gasteiger partial charge in [0.1, 0.15) is 5.69 Å². The Bertz CT molecular complexity index is 1170. The Labute approximate surface area is 196 Å². The highest BCUT2D eigenvalue weighted by Crippen LogP contribution is 2.42. The van der Waals surface area contributed by atoms with E-state index in [0.717, 1.165) is 40.4 Å². The monoisotopic (exact) mass is 470 g/mol. The van der Waals surface area contributed by atoms with Gasteiger partial charge in [0.2, 0.25) is 0 Å². The largest absolute Gasteiger partial charge is 0.336 e. The molecule has 4 rings (SSSR count). The zero-order valence-electron chi connectivity index (χ0n) is 19.4. The predicted molar refractivity (Wildman–Crippen MR) is 134 cm³/mol. The molecular formula is C24H30N4O2S2. The first-order chi connectivity index (χ1) is 15.1. The minimum atomic E-state index is -1.32. The Morgan fingerprint density at radius 2 is 1.88 bits per heavy atom. The lowest BCUT2D eigenvalue weighted by Crippen LogP contribution is -2.43. The summed E-state index contributed by atoms with van der Waals surface area (Å²) < 4.78 is 19.2. The number of carbonyl (C=O) groups excluding carboxylic acids is 1. The topological polar surface area (TPSA) is 57.6 Å². The molecule has 32 heavy (non-hydrogen) atoms. The number of hydrogen-bond acceptors (Lipinski definition) is 3. The number of aryl methyl sites for hydroxylation is 1. The molecule has 0 aliphatic carbocycles. The van der Waals surface area contributed by atoms with E-state index in [0.29, 0.717) is 5.69 Å². The fraction of sp³-hybridized carbons (Fsp3) is 0.375. The maximum absolute atomic E-state index is 13.5. The van der Waals surface area contributed by atoms with E-state index in [-0.39, 0.29) is 11.4 Å². The molecule has 0 saturated heterocycles. The van der Waals surface area contributed by atoms with Crippen molar-refractivity contribution in [1.82, 2.24) is 13.8 Å². The normalized spacial score (nSPS) is 14.1. The number of nitrogens with zero attached hydrogens (tertiary/aromatic N) is 3. The molecule has 1 aromatic carbocycles. The van der Waals surface area contributed by atoms with E-state index in [2.05, 4.69) is 32.9 Å². The highest BCUT2D eigenvalue weighted by Gasteiger charge is 2.31.